The van der Waals surface area contributed by atoms with Gasteiger partial charge in [-0.3, -0.25) is 0 Å². The van der Waals surface area contributed by atoms with Gasteiger partial charge in [0.05, 0.1) is 20.3 Å². The van der Waals surface area contributed by atoms with Crippen LogP contribution in [0.15, 0.2) is 84.5 Å². The minimum absolute atomic E-state index is 0.0707. The summed E-state index contributed by atoms with van der Waals surface area (Å²) in [4.78, 5) is 0. The molecule has 0 saturated heterocycles. The predicted molar refractivity (Wildman–Crippen MR) is 175 cm³/mol. The Kier molecular flexibility index (Phi) is 10.2. The molecule has 2 aromatic rings. The van der Waals surface area contributed by atoms with Crippen molar-refractivity contribution in [2.45, 2.75) is 102 Å². The van der Waals surface area contributed by atoms with E-state index in [2.05, 4.69) is 73.8 Å². The molecule has 0 N–H and O–H groups in total. The van der Waals surface area contributed by atoms with Crippen molar-refractivity contribution in [3.63, 3.8) is 0 Å². The van der Waals surface area contributed by atoms with Crippen molar-refractivity contribution >= 4 is 24.8 Å². The summed E-state index contributed by atoms with van der Waals surface area (Å²) in [5.41, 5.74) is 3.26. The van der Waals surface area contributed by atoms with Gasteiger partial charge >= 0.3 is 0 Å². The standard InChI is InChI=1S/C33H51O3PSi2/c1-26-30(36-39(10,11)33(5,6)7)24-27(25-31(26)38(8,9)32(2,3)4)22-23-37(34-28-18-14-12-15-19-28)35-29-20-16-13-17-21-29/h12-22,30-31H,1,23-25H2,2-11H3/b27-22+/t30-,31-/m1/s1. The first-order chi connectivity index (χ1) is 18.0. The Morgan fingerprint density at radius 2 is 1.28 bits per heavy atom. The summed E-state index contributed by atoms with van der Waals surface area (Å²) in [5.74, 6) is 1.68. The zero-order valence-electron chi connectivity index (χ0n) is 26.0. The lowest BCUT2D eigenvalue weighted by Crippen LogP contribution is -2.49. The Bertz CT molecular complexity index is 1070. The first kappa shape index (κ1) is 31.9. The van der Waals surface area contributed by atoms with E-state index in [4.69, 9.17) is 20.1 Å². The Hall–Kier alpha value is -1.66. The van der Waals surface area contributed by atoms with Crippen LogP contribution < -0.4 is 9.05 Å². The van der Waals surface area contributed by atoms with Gasteiger partial charge in [0.25, 0.3) is 8.38 Å². The minimum atomic E-state index is -1.96. The molecule has 0 unspecified atom stereocenters. The first-order valence-corrected chi connectivity index (χ1v) is 21.6. The van der Waals surface area contributed by atoms with Gasteiger partial charge in [-0.05, 0) is 71.4 Å². The third kappa shape index (κ3) is 8.19. The SMILES string of the molecule is C=C1[C@H]([Si](C)(C)C(C)(C)C)C/C(=C/CP(Oc2ccccc2)Oc2ccccc2)C[C@H]1O[Si](C)(C)C(C)(C)C. The average Bonchev–Trinajstić information content (AvgIpc) is 2.84. The highest BCUT2D eigenvalue weighted by molar-refractivity contribution is 7.48. The maximum atomic E-state index is 7.09. The van der Waals surface area contributed by atoms with Gasteiger partial charge in [-0.2, -0.15) is 0 Å². The molecule has 2 aromatic carbocycles. The number of para-hydroxylation sites is 2. The van der Waals surface area contributed by atoms with Crippen LogP contribution in [0.4, 0.5) is 0 Å². The van der Waals surface area contributed by atoms with Gasteiger partial charge < -0.3 is 13.5 Å². The fraction of sp³-hybridized carbons (Fsp3) is 0.515. The fourth-order valence-electron chi connectivity index (χ4n) is 4.62. The molecule has 214 valence electrons. The molecule has 3 nitrogen and oxygen atoms in total. The second kappa shape index (κ2) is 12.5. The molecule has 0 aromatic heterocycles. The molecule has 0 radical (unpaired) electrons. The number of benzene rings is 2. The molecule has 2 atom stereocenters. The normalized spacial score (nSPS) is 20.4. The molecule has 0 heterocycles. The summed E-state index contributed by atoms with van der Waals surface area (Å²) in [6, 6.07) is 20.0. The van der Waals surface area contributed by atoms with E-state index < -0.39 is 24.8 Å². The minimum Gasteiger partial charge on any atom is -0.438 e. The van der Waals surface area contributed by atoms with Crippen LogP contribution >= 0.6 is 8.38 Å². The Labute approximate surface area is 242 Å². The highest BCUT2D eigenvalue weighted by Crippen LogP contribution is 2.54. The van der Waals surface area contributed by atoms with Crippen LogP contribution in [0.2, 0.25) is 41.8 Å². The van der Waals surface area contributed by atoms with E-state index in [-0.39, 0.29) is 16.2 Å². The van der Waals surface area contributed by atoms with E-state index >= 15 is 0 Å². The zero-order valence-corrected chi connectivity index (χ0v) is 28.9. The van der Waals surface area contributed by atoms with Crippen LogP contribution in [0, 0.1) is 0 Å². The summed E-state index contributed by atoms with van der Waals surface area (Å²) in [6.45, 7) is 28.7. The Morgan fingerprint density at radius 3 is 1.72 bits per heavy atom. The van der Waals surface area contributed by atoms with E-state index in [1.807, 2.05) is 60.7 Å². The molecule has 1 fully saturated rings. The van der Waals surface area contributed by atoms with Crippen LogP contribution in [-0.4, -0.2) is 28.7 Å². The second-order valence-corrected chi connectivity index (χ2v) is 25.9. The molecule has 0 spiro atoms. The zero-order chi connectivity index (χ0) is 29.1. The number of hydrogen-bond acceptors (Lipinski definition) is 3. The average molecular weight is 583 g/mol. The van der Waals surface area contributed by atoms with E-state index in [0.29, 0.717) is 5.54 Å². The quantitative estimate of drug-likeness (QED) is 0.167. The van der Waals surface area contributed by atoms with Crippen molar-refractivity contribution in [3.8, 4) is 11.5 Å². The van der Waals surface area contributed by atoms with Gasteiger partial charge in [-0.1, -0.05) is 109 Å². The van der Waals surface area contributed by atoms with Gasteiger partial charge in [-0.25, -0.2) is 0 Å². The lowest BCUT2D eigenvalue weighted by atomic mass is 9.88. The van der Waals surface area contributed by atoms with Crippen LogP contribution in [0.25, 0.3) is 0 Å². The van der Waals surface area contributed by atoms with Crippen molar-refractivity contribution in [1.82, 2.24) is 0 Å². The number of rotatable bonds is 9. The molecule has 1 aliphatic rings. The van der Waals surface area contributed by atoms with Crippen molar-refractivity contribution < 1.29 is 13.5 Å². The van der Waals surface area contributed by atoms with Crippen LogP contribution in [-0.2, 0) is 4.43 Å². The molecule has 1 aliphatic carbocycles. The molecule has 0 aliphatic heterocycles. The molecule has 39 heavy (non-hydrogen) atoms. The topological polar surface area (TPSA) is 27.7 Å². The maximum Gasteiger partial charge on any atom is 0.294 e. The van der Waals surface area contributed by atoms with Gasteiger partial charge in [0.2, 0.25) is 0 Å². The lowest BCUT2D eigenvalue weighted by molar-refractivity contribution is 0.200. The van der Waals surface area contributed by atoms with Gasteiger partial charge in [0.1, 0.15) is 11.5 Å². The molecular formula is C33H51O3PSi2. The monoisotopic (exact) mass is 582 g/mol. The largest absolute Gasteiger partial charge is 0.438 e. The maximum absolute atomic E-state index is 7.09. The van der Waals surface area contributed by atoms with E-state index in [1.54, 1.807) is 0 Å². The third-order valence-corrected chi connectivity index (χ3v) is 21.2. The summed E-state index contributed by atoms with van der Waals surface area (Å²) < 4.78 is 19.9. The summed E-state index contributed by atoms with van der Waals surface area (Å²) in [5, 5.41) is 0.423. The van der Waals surface area contributed by atoms with Crippen molar-refractivity contribution in [2.24, 2.45) is 0 Å². The summed E-state index contributed by atoms with van der Waals surface area (Å²) in [6.07, 6.45) is 5.17. The summed E-state index contributed by atoms with van der Waals surface area (Å²) in [7, 11) is -4.87. The van der Waals surface area contributed by atoms with E-state index in [1.165, 1.54) is 11.1 Å². The second-order valence-electron chi connectivity index (χ2n) is 14.1. The first-order valence-electron chi connectivity index (χ1n) is 14.3. The molecule has 3 rings (SSSR count). The molecule has 1 saturated carbocycles. The van der Waals surface area contributed by atoms with Crippen molar-refractivity contribution in [3.05, 3.63) is 84.5 Å². The smallest absolute Gasteiger partial charge is 0.294 e. The highest BCUT2D eigenvalue weighted by Gasteiger charge is 2.48. The number of allylic oxidation sites excluding steroid dienone is 1. The van der Waals surface area contributed by atoms with Gasteiger partial charge in [0, 0.05) is 0 Å². The van der Waals surface area contributed by atoms with Gasteiger partial charge in [0.15, 0.2) is 8.32 Å². The summed E-state index contributed by atoms with van der Waals surface area (Å²) >= 11 is 0. The van der Waals surface area contributed by atoms with E-state index in [0.717, 1.165) is 30.5 Å². The number of hydrogen-bond donors (Lipinski definition) is 0. The Morgan fingerprint density at radius 1 is 0.795 bits per heavy atom. The lowest BCUT2D eigenvalue weighted by Gasteiger charge is -2.50. The molecular weight excluding hydrogens is 532 g/mol. The third-order valence-electron chi connectivity index (χ3n) is 9.25. The fourth-order valence-corrected chi connectivity index (χ4v) is 10.2. The van der Waals surface area contributed by atoms with Crippen LogP contribution in [0.1, 0.15) is 54.4 Å². The van der Waals surface area contributed by atoms with Crippen molar-refractivity contribution in [1.29, 1.82) is 0 Å². The Balaban J connectivity index is 1.92. The van der Waals surface area contributed by atoms with Gasteiger partial charge in [-0.15, -0.1) is 0 Å². The molecule has 0 amide bonds. The van der Waals surface area contributed by atoms with E-state index in [9.17, 15) is 0 Å². The van der Waals surface area contributed by atoms with Crippen LogP contribution in [0.3, 0.4) is 0 Å². The molecule has 0 bridgehead atoms. The van der Waals surface area contributed by atoms with Crippen molar-refractivity contribution in [2.75, 3.05) is 6.16 Å². The highest BCUT2D eigenvalue weighted by atomic mass is 31.2. The van der Waals surface area contributed by atoms with Crippen LogP contribution in [0.5, 0.6) is 11.5 Å². The molecule has 6 heteroatoms. The predicted octanol–water partition coefficient (Wildman–Crippen LogP) is 11.0.